The maximum Gasteiger partial charge on any atom is 0.132 e. The number of ether oxygens (including phenoxy) is 1. The number of hydrogen-bond donors (Lipinski definition) is 0. The van der Waals surface area contributed by atoms with Crippen molar-refractivity contribution in [2.45, 2.75) is 39.4 Å². The molecule has 3 heterocycles. The van der Waals surface area contributed by atoms with Gasteiger partial charge in [-0.1, -0.05) is 13.0 Å². The molecule has 1 atom stereocenters. The monoisotopic (exact) mass is 353 g/mol. The van der Waals surface area contributed by atoms with Crippen molar-refractivity contribution in [1.82, 2.24) is 14.9 Å². The van der Waals surface area contributed by atoms with E-state index in [1.54, 1.807) is 6.33 Å². The number of rotatable bonds is 5. The van der Waals surface area contributed by atoms with E-state index in [-0.39, 0.29) is 12.2 Å². The lowest BCUT2D eigenvalue weighted by molar-refractivity contribution is 0.0356. The Morgan fingerprint density at radius 2 is 2.00 bits per heavy atom. The lowest BCUT2D eigenvalue weighted by Crippen LogP contribution is -2.46. The number of nitrogens with zero attached hydrogens (tertiary/aromatic N) is 5. The number of allylic oxidation sites excluding steroid dienone is 1. The summed E-state index contributed by atoms with van der Waals surface area (Å²) in [6, 6.07) is 2.08. The summed E-state index contributed by atoms with van der Waals surface area (Å²) in [5.41, 5.74) is 4.25. The van der Waals surface area contributed by atoms with Gasteiger partial charge in [0.1, 0.15) is 12.1 Å². The van der Waals surface area contributed by atoms with Crippen LogP contribution in [0.4, 0.5) is 5.82 Å². The molecular weight excluding hydrogens is 326 g/mol. The third kappa shape index (κ3) is 3.44. The second-order valence-corrected chi connectivity index (χ2v) is 7.29. The molecule has 4 rings (SSSR count). The van der Waals surface area contributed by atoms with Crippen molar-refractivity contribution in [2.24, 2.45) is 4.99 Å². The van der Waals surface area contributed by atoms with Gasteiger partial charge in [-0.3, -0.25) is 0 Å². The van der Waals surface area contributed by atoms with Crippen LogP contribution in [0.25, 0.3) is 0 Å². The maximum atomic E-state index is 5.95. The van der Waals surface area contributed by atoms with Crippen LogP contribution in [-0.4, -0.2) is 65.5 Å². The maximum absolute atomic E-state index is 5.95. The summed E-state index contributed by atoms with van der Waals surface area (Å²) in [7, 11) is 0. The standard InChI is InChI=1S/C20H27N5O/c1-4-24-7-9-25(10-8-24)19-12-18(21-13-22-19)20-16-11-15(26-14(2)3)5-6-17(16)23-20/h5-6,12-15H,4,7-11H2,1-3H3. The van der Waals surface area contributed by atoms with E-state index < -0.39 is 0 Å². The van der Waals surface area contributed by atoms with E-state index in [4.69, 9.17) is 4.74 Å². The second-order valence-electron chi connectivity index (χ2n) is 7.29. The molecule has 26 heavy (non-hydrogen) atoms. The molecule has 0 radical (unpaired) electrons. The Kier molecular flexibility index (Phi) is 4.87. The topological polar surface area (TPSA) is 53.9 Å². The molecular formula is C20H27N5O. The number of aromatic nitrogens is 2. The lowest BCUT2D eigenvalue weighted by atomic mass is 9.89. The minimum absolute atomic E-state index is 0.127. The van der Waals surface area contributed by atoms with Gasteiger partial charge in [-0.15, -0.1) is 0 Å². The molecule has 0 spiro atoms. The summed E-state index contributed by atoms with van der Waals surface area (Å²) in [6.45, 7) is 11.7. The smallest absolute Gasteiger partial charge is 0.132 e. The second kappa shape index (κ2) is 7.29. The summed E-state index contributed by atoms with van der Waals surface area (Å²) in [4.78, 5) is 18.5. The van der Waals surface area contributed by atoms with Crippen molar-refractivity contribution >= 4 is 11.5 Å². The van der Waals surface area contributed by atoms with E-state index in [2.05, 4.69) is 63.7 Å². The average molecular weight is 353 g/mol. The first kappa shape index (κ1) is 17.4. The average Bonchev–Trinajstić information content (AvgIpc) is 2.64. The van der Waals surface area contributed by atoms with Crippen LogP contribution >= 0.6 is 0 Å². The zero-order valence-electron chi connectivity index (χ0n) is 15.9. The highest BCUT2D eigenvalue weighted by atomic mass is 16.5. The van der Waals surface area contributed by atoms with Gasteiger partial charge >= 0.3 is 0 Å². The molecule has 1 aromatic heterocycles. The molecule has 6 nitrogen and oxygen atoms in total. The van der Waals surface area contributed by atoms with Gasteiger partial charge in [0.05, 0.1) is 29.3 Å². The molecule has 0 saturated carbocycles. The van der Waals surface area contributed by atoms with Crippen molar-refractivity contribution in [3.63, 3.8) is 0 Å². The molecule has 1 aromatic rings. The van der Waals surface area contributed by atoms with Crippen LogP contribution in [0.5, 0.6) is 0 Å². The number of piperazine rings is 1. The van der Waals surface area contributed by atoms with E-state index in [9.17, 15) is 0 Å². The van der Waals surface area contributed by atoms with Gasteiger partial charge in [0.15, 0.2) is 0 Å². The predicted octanol–water partition coefficient (Wildman–Crippen LogP) is 2.43. The Bertz CT molecular complexity index is 759. The summed E-state index contributed by atoms with van der Waals surface area (Å²) in [5.74, 6) is 1.00. The molecule has 138 valence electrons. The van der Waals surface area contributed by atoms with E-state index in [1.165, 1.54) is 5.57 Å². The molecule has 0 N–H and O–H groups in total. The first-order valence-corrected chi connectivity index (χ1v) is 9.59. The SMILES string of the molecule is CCN1CCN(c2cc(C3=NC4=C3CC(OC(C)C)C=C4)ncn2)CC1. The van der Waals surface area contributed by atoms with Gasteiger partial charge in [-0.05, 0) is 26.5 Å². The number of likely N-dealkylation sites (N-methyl/N-ethyl adjacent to an activating group) is 1. The highest BCUT2D eigenvalue weighted by Crippen LogP contribution is 2.33. The van der Waals surface area contributed by atoms with Crippen molar-refractivity contribution < 1.29 is 4.74 Å². The number of anilines is 1. The number of hydrogen-bond acceptors (Lipinski definition) is 6. The van der Waals surface area contributed by atoms with Crippen molar-refractivity contribution in [2.75, 3.05) is 37.6 Å². The predicted molar refractivity (Wildman–Crippen MR) is 104 cm³/mol. The Balaban J connectivity index is 1.46. The fraction of sp³-hybridized carbons (Fsp3) is 0.550. The normalized spacial score (nSPS) is 23.2. The molecule has 3 aliphatic rings. The molecule has 0 amide bonds. The van der Waals surface area contributed by atoms with Gasteiger partial charge in [-0.25, -0.2) is 15.0 Å². The Morgan fingerprint density at radius 3 is 2.73 bits per heavy atom. The molecule has 1 unspecified atom stereocenters. The van der Waals surface area contributed by atoms with Crippen molar-refractivity contribution in [3.8, 4) is 0 Å². The first-order chi connectivity index (χ1) is 12.6. The minimum atomic E-state index is 0.127. The molecule has 6 heteroatoms. The van der Waals surface area contributed by atoms with Crippen LogP contribution < -0.4 is 4.90 Å². The molecule has 1 fully saturated rings. The third-order valence-corrected chi connectivity index (χ3v) is 5.19. The highest BCUT2D eigenvalue weighted by Gasteiger charge is 2.29. The summed E-state index contributed by atoms with van der Waals surface area (Å²) in [6.07, 6.45) is 7.07. The molecule has 1 saturated heterocycles. The zero-order valence-corrected chi connectivity index (χ0v) is 15.9. The van der Waals surface area contributed by atoms with Crippen LogP contribution in [0.1, 0.15) is 32.9 Å². The molecule has 2 aliphatic heterocycles. The first-order valence-electron chi connectivity index (χ1n) is 9.59. The Morgan fingerprint density at radius 1 is 1.19 bits per heavy atom. The lowest BCUT2D eigenvalue weighted by Gasteiger charge is -2.35. The summed E-state index contributed by atoms with van der Waals surface area (Å²) in [5, 5.41) is 0. The van der Waals surface area contributed by atoms with Gasteiger partial charge in [0, 0.05) is 44.2 Å². The van der Waals surface area contributed by atoms with Crippen LogP contribution in [0, 0.1) is 0 Å². The van der Waals surface area contributed by atoms with E-state index >= 15 is 0 Å². The van der Waals surface area contributed by atoms with Crippen molar-refractivity contribution in [1.29, 1.82) is 0 Å². The van der Waals surface area contributed by atoms with E-state index in [0.29, 0.717) is 0 Å². The van der Waals surface area contributed by atoms with Crippen LogP contribution in [-0.2, 0) is 4.74 Å². The molecule has 0 aromatic carbocycles. The van der Waals surface area contributed by atoms with Crippen LogP contribution in [0.15, 0.2) is 40.8 Å². The third-order valence-electron chi connectivity index (χ3n) is 5.19. The van der Waals surface area contributed by atoms with Gasteiger partial charge in [-0.2, -0.15) is 0 Å². The summed E-state index contributed by atoms with van der Waals surface area (Å²) < 4.78 is 5.95. The fourth-order valence-corrected chi connectivity index (χ4v) is 3.73. The van der Waals surface area contributed by atoms with E-state index in [0.717, 1.165) is 62.1 Å². The fourth-order valence-electron chi connectivity index (χ4n) is 3.73. The largest absolute Gasteiger partial charge is 0.371 e. The quantitative estimate of drug-likeness (QED) is 0.814. The zero-order chi connectivity index (χ0) is 18.1. The summed E-state index contributed by atoms with van der Waals surface area (Å²) >= 11 is 0. The van der Waals surface area contributed by atoms with Crippen LogP contribution in [0.2, 0.25) is 0 Å². The van der Waals surface area contributed by atoms with Crippen molar-refractivity contribution in [3.05, 3.63) is 41.5 Å². The highest BCUT2D eigenvalue weighted by molar-refractivity contribution is 6.17. The van der Waals surface area contributed by atoms with Gasteiger partial charge < -0.3 is 14.5 Å². The van der Waals surface area contributed by atoms with Gasteiger partial charge in [0.2, 0.25) is 0 Å². The number of aliphatic imine (C=N–C) groups is 1. The Hall–Kier alpha value is -2.05. The Labute approximate surface area is 155 Å². The minimum Gasteiger partial charge on any atom is -0.371 e. The molecule has 0 bridgehead atoms. The molecule has 1 aliphatic carbocycles. The van der Waals surface area contributed by atoms with E-state index in [1.807, 2.05) is 0 Å². The van der Waals surface area contributed by atoms with Crippen LogP contribution in [0.3, 0.4) is 0 Å². The van der Waals surface area contributed by atoms with Gasteiger partial charge in [0.25, 0.3) is 0 Å².